The molecule has 2 N–H and O–H groups in total. The molecule has 0 aromatic carbocycles. The van der Waals surface area contributed by atoms with Gasteiger partial charge in [0.15, 0.2) is 0 Å². The minimum atomic E-state index is 0.663. The van der Waals surface area contributed by atoms with E-state index in [1.165, 1.54) is 6.33 Å². The van der Waals surface area contributed by atoms with Crippen molar-refractivity contribution in [2.75, 3.05) is 5.73 Å². The molecule has 2 aromatic rings. The zero-order chi connectivity index (χ0) is 9.97. The number of aromatic nitrogens is 4. The van der Waals surface area contributed by atoms with Crippen molar-refractivity contribution in [1.82, 2.24) is 19.7 Å². The Labute approximate surface area is 81.6 Å². The maximum atomic E-state index is 5.79. The summed E-state index contributed by atoms with van der Waals surface area (Å²) in [4.78, 5) is 8.14. The van der Waals surface area contributed by atoms with E-state index >= 15 is 0 Å². The first-order valence-electron chi connectivity index (χ1n) is 4.28. The van der Waals surface area contributed by atoms with Gasteiger partial charge in [-0.1, -0.05) is 0 Å². The van der Waals surface area contributed by atoms with Gasteiger partial charge in [-0.15, -0.1) is 0 Å². The Morgan fingerprint density at radius 3 is 3.00 bits per heavy atom. The van der Waals surface area contributed by atoms with Gasteiger partial charge in [0.05, 0.1) is 0 Å². The second-order valence-electron chi connectivity index (χ2n) is 3.05. The summed E-state index contributed by atoms with van der Waals surface area (Å²) in [5, 5.41) is 3.99. The monoisotopic (exact) mass is 189 g/mol. The van der Waals surface area contributed by atoms with Crippen LogP contribution in [0.3, 0.4) is 0 Å². The van der Waals surface area contributed by atoms with Crippen molar-refractivity contribution in [2.24, 2.45) is 7.05 Å². The van der Waals surface area contributed by atoms with Gasteiger partial charge in [0.2, 0.25) is 0 Å². The number of nitrogen functional groups attached to an aromatic ring is 1. The molecular weight excluding hydrogens is 178 g/mol. The van der Waals surface area contributed by atoms with E-state index in [1.807, 2.05) is 7.05 Å². The van der Waals surface area contributed by atoms with Gasteiger partial charge in [0.1, 0.15) is 12.2 Å². The predicted octanol–water partition coefficient (Wildman–Crippen LogP) is 0.383. The molecule has 72 valence electrons. The van der Waals surface area contributed by atoms with Crippen LogP contribution in [-0.4, -0.2) is 19.7 Å². The molecular formula is C9H11N5. The molecule has 2 aromatic heterocycles. The first-order chi connectivity index (χ1) is 6.77. The Hall–Kier alpha value is -1.91. The lowest BCUT2D eigenvalue weighted by Gasteiger charge is -2.03. The number of anilines is 1. The number of hydrogen-bond acceptors (Lipinski definition) is 4. The molecule has 0 radical (unpaired) electrons. The van der Waals surface area contributed by atoms with Gasteiger partial charge in [0, 0.05) is 37.1 Å². The average molecular weight is 189 g/mol. The summed E-state index contributed by atoms with van der Waals surface area (Å²) in [6.45, 7) is 0. The predicted molar refractivity (Wildman–Crippen MR) is 52.5 cm³/mol. The van der Waals surface area contributed by atoms with Crippen LogP contribution in [0.25, 0.3) is 0 Å². The van der Waals surface area contributed by atoms with Gasteiger partial charge < -0.3 is 5.73 Å². The maximum Gasteiger partial charge on any atom is 0.138 e. The van der Waals surface area contributed by atoms with E-state index in [9.17, 15) is 0 Å². The van der Waals surface area contributed by atoms with Crippen LogP contribution >= 0.6 is 0 Å². The summed E-state index contributed by atoms with van der Waals surface area (Å²) in [5.74, 6) is 0.879. The minimum Gasteiger partial charge on any atom is -0.398 e. The van der Waals surface area contributed by atoms with Crippen molar-refractivity contribution in [3.63, 3.8) is 0 Å². The highest BCUT2D eigenvalue weighted by atomic mass is 15.3. The molecule has 0 spiro atoms. The van der Waals surface area contributed by atoms with Crippen LogP contribution < -0.4 is 5.73 Å². The van der Waals surface area contributed by atoms with Gasteiger partial charge in [0.25, 0.3) is 0 Å². The fourth-order valence-electron chi connectivity index (χ4n) is 1.24. The van der Waals surface area contributed by atoms with Crippen LogP contribution in [-0.2, 0) is 13.5 Å². The highest BCUT2D eigenvalue weighted by Crippen LogP contribution is 2.12. The third-order valence-electron chi connectivity index (χ3n) is 2.10. The van der Waals surface area contributed by atoms with Crippen LogP contribution in [0, 0.1) is 0 Å². The molecule has 0 unspecified atom stereocenters. The second-order valence-corrected chi connectivity index (χ2v) is 3.05. The summed E-state index contributed by atoms with van der Waals surface area (Å²) in [6, 6.07) is 1.78. The highest BCUT2D eigenvalue weighted by molar-refractivity contribution is 5.45. The lowest BCUT2D eigenvalue weighted by molar-refractivity contribution is 0.716. The summed E-state index contributed by atoms with van der Waals surface area (Å²) in [5.41, 5.74) is 7.50. The summed E-state index contributed by atoms with van der Waals surface area (Å²) < 4.78 is 1.73. The number of pyridine rings is 1. The average Bonchev–Trinajstić information content (AvgIpc) is 2.56. The molecule has 5 nitrogen and oxygen atoms in total. The van der Waals surface area contributed by atoms with E-state index in [0.29, 0.717) is 6.42 Å². The molecule has 0 aliphatic heterocycles. The smallest absolute Gasteiger partial charge is 0.138 e. The minimum absolute atomic E-state index is 0.663. The van der Waals surface area contributed by atoms with E-state index in [2.05, 4.69) is 15.1 Å². The normalized spacial score (nSPS) is 10.4. The standard InChI is InChI=1S/C9H11N5/c1-14-9(12-6-13-14)4-7-5-11-3-2-8(7)10/h2-3,5-6H,4H2,1H3,(H2,10,11). The second kappa shape index (κ2) is 3.45. The van der Waals surface area contributed by atoms with Gasteiger partial charge in [-0.05, 0) is 6.07 Å². The number of aryl methyl sites for hydroxylation is 1. The van der Waals surface area contributed by atoms with Gasteiger partial charge in [-0.25, -0.2) is 4.98 Å². The van der Waals surface area contributed by atoms with Gasteiger partial charge in [-0.2, -0.15) is 5.10 Å². The summed E-state index contributed by atoms with van der Waals surface area (Å²) in [6.07, 6.45) is 5.62. The van der Waals surface area contributed by atoms with Crippen LogP contribution in [0.4, 0.5) is 5.69 Å². The molecule has 2 rings (SSSR count). The van der Waals surface area contributed by atoms with Crippen LogP contribution in [0.2, 0.25) is 0 Å². The fraction of sp³-hybridized carbons (Fsp3) is 0.222. The summed E-state index contributed by atoms with van der Waals surface area (Å²) >= 11 is 0. The van der Waals surface area contributed by atoms with Crippen LogP contribution in [0.15, 0.2) is 24.8 Å². The van der Waals surface area contributed by atoms with Crippen molar-refractivity contribution >= 4 is 5.69 Å². The number of nitrogens with two attached hydrogens (primary N) is 1. The summed E-state index contributed by atoms with van der Waals surface area (Å²) in [7, 11) is 1.86. The molecule has 0 saturated heterocycles. The largest absolute Gasteiger partial charge is 0.398 e. The zero-order valence-electron chi connectivity index (χ0n) is 7.88. The lowest BCUT2D eigenvalue weighted by Crippen LogP contribution is -2.03. The molecule has 0 saturated carbocycles. The molecule has 5 heteroatoms. The number of rotatable bonds is 2. The molecule has 0 atom stereocenters. The van der Waals surface area contributed by atoms with E-state index < -0.39 is 0 Å². The topological polar surface area (TPSA) is 69.6 Å². The highest BCUT2D eigenvalue weighted by Gasteiger charge is 2.04. The molecule has 14 heavy (non-hydrogen) atoms. The van der Waals surface area contributed by atoms with E-state index in [-0.39, 0.29) is 0 Å². The van der Waals surface area contributed by atoms with E-state index in [4.69, 9.17) is 5.73 Å². The van der Waals surface area contributed by atoms with Gasteiger partial charge >= 0.3 is 0 Å². The zero-order valence-corrected chi connectivity index (χ0v) is 7.88. The van der Waals surface area contributed by atoms with Crippen molar-refractivity contribution < 1.29 is 0 Å². The first-order valence-corrected chi connectivity index (χ1v) is 4.28. The van der Waals surface area contributed by atoms with Crippen molar-refractivity contribution in [1.29, 1.82) is 0 Å². The molecule has 2 heterocycles. The van der Waals surface area contributed by atoms with E-state index in [0.717, 1.165) is 17.1 Å². The Kier molecular flexibility index (Phi) is 2.14. The molecule has 0 aliphatic carbocycles. The lowest BCUT2D eigenvalue weighted by atomic mass is 10.2. The van der Waals surface area contributed by atoms with Gasteiger partial charge in [-0.3, -0.25) is 9.67 Å². The molecule has 0 aliphatic rings. The fourth-order valence-corrected chi connectivity index (χ4v) is 1.24. The SMILES string of the molecule is Cn1ncnc1Cc1cnccc1N. The maximum absolute atomic E-state index is 5.79. The third kappa shape index (κ3) is 1.56. The van der Waals surface area contributed by atoms with Crippen molar-refractivity contribution in [2.45, 2.75) is 6.42 Å². The van der Waals surface area contributed by atoms with Crippen LogP contribution in [0.5, 0.6) is 0 Å². The van der Waals surface area contributed by atoms with E-state index in [1.54, 1.807) is 23.1 Å². The third-order valence-corrected chi connectivity index (χ3v) is 2.10. The number of hydrogen-bond donors (Lipinski definition) is 1. The Bertz CT molecular complexity index is 434. The molecule has 0 amide bonds. The first kappa shape index (κ1) is 8.68. The Balaban J connectivity index is 2.28. The van der Waals surface area contributed by atoms with Crippen LogP contribution in [0.1, 0.15) is 11.4 Å². The quantitative estimate of drug-likeness (QED) is 0.741. The van der Waals surface area contributed by atoms with Crippen molar-refractivity contribution in [3.05, 3.63) is 36.2 Å². The molecule has 0 bridgehead atoms. The Morgan fingerprint density at radius 2 is 2.36 bits per heavy atom. The molecule has 0 fully saturated rings. The number of nitrogens with zero attached hydrogens (tertiary/aromatic N) is 4. The Morgan fingerprint density at radius 1 is 1.50 bits per heavy atom. The van der Waals surface area contributed by atoms with Crippen molar-refractivity contribution in [3.8, 4) is 0 Å².